The van der Waals surface area contributed by atoms with E-state index in [1.807, 2.05) is 12.1 Å². The van der Waals surface area contributed by atoms with Crippen molar-refractivity contribution in [1.82, 2.24) is 0 Å². The van der Waals surface area contributed by atoms with Gasteiger partial charge in [0.1, 0.15) is 6.61 Å². The molecule has 0 spiro atoms. The highest BCUT2D eigenvalue weighted by molar-refractivity contribution is 5.77. The molecule has 0 radical (unpaired) electrons. The lowest BCUT2D eigenvalue weighted by Crippen LogP contribution is -2.48. The first-order valence-electron chi connectivity index (χ1n) is 8.16. The molecule has 0 aromatic heterocycles. The molecule has 0 bridgehead atoms. The van der Waals surface area contributed by atoms with Crippen LogP contribution in [0.4, 0.5) is 0 Å². The molecule has 0 saturated heterocycles. The van der Waals surface area contributed by atoms with Gasteiger partial charge < -0.3 is 19.3 Å². The van der Waals surface area contributed by atoms with E-state index in [1.165, 1.54) is 14.0 Å². The van der Waals surface area contributed by atoms with E-state index in [9.17, 15) is 14.7 Å². The van der Waals surface area contributed by atoms with E-state index < -0.39 is 23.6 Å². The van der Waals surface area contributed by atoms with Gasteiger partial charge in [0.25, 0.3) is 0 Å². The maximum Gasteiger partial charge on any atom is 0.338 e. The van der Waals surface area contributed by atoms with Crippen LogP contribution in [-0.4, -0.2) is 43.5 Å². The molecule has 0 aliphatic rings. The highest BCUT2D eigenvalue weighted by atomic mass is 16.6. The lowest BCUT2D eigenvalue weighted by atomic mass is 9.81. The van der Waals surface area contributed by atoms with Gasteiger partial charge in [-0.15, -0.1) is 0 Å². The first kappa shape index (κ1) is 19.6. The summed E-state index contributed by atoms with van der Waals surface area (Å²) in [7, 11) is 1.20. The highest BCUT2D eigenvalue weighted by Gasteiger charge is 2.47. The van der Waals surface area contributed by atoms with Crippen LogP contribution in [0.25, 0.3) is 0 Å². The number of methoxy groups -OCH3 is 1. The van der Waals surface area contributed by atoms with Crippen LogP contribution in [-0.2, 0) is 29.4 Å². The maximum atomic E-state index is 12.2. The van der Waals surface area contributed by atoms with Crippen molar-refractivity contribution < 1.29 is 28.9 Å². The summed E-state index contributed by atoms with van der Waals surface area (Å²) in [4.78, 5) is 23.2. The minimum Gasteiger partial charge on any atom is -0.467 e. The molecule has 0 amide bonds. The van der Waals surface area contributed by atoms with E-state index in [2.05, 4.69) is 0 Å². The molecular weight excluding hydrogens is 336 g/mol. The third-order valence-electron chi connectivity index (χ3n) is 3.93. The summed E-state index contributed by atoms with van der Waals surface area (Å²) in [5, 5.41) is 10.8. The second kappa shape index (κ2) is 9.12. The summed E-state index contributed by atoms with van der Waals surface area (Å²) < 4.78 is 15.7. The van der Waals surface area contributed by atoms with Crippen molar-refractivity contribution in [2.75, 3.05) is 20.3 Å². The van der Waals surface area contributed by atoms with Gasteiger partial charge in [-0.2, -0.15) is 0 Å². The lowest BCUT2D eigenvalue weighted by Gasteiger charge is -2.37. The minimum absolute atomic E-state index is 0.00928. The normalized spacial score (nSPS) is 12.3. The molecule has 2 aromatic carbocycles. The Kier molecular flexibility index (Phi) is 6.89. The monoisotopic (exact) mass is 358 g/mol. The molecular formula is C20H22O6. The second-order valence-corrected chi connectivity index (χ2v) is 5.58. The van der Waals surface area contributed by atoms with Gasteiger partial charge in [0.15, 0.2) is 11.7 Å². The van der Waals surface area contributed by atoms with E-state index in [4.69, 9.17) is 14.2 Å². The fourth-order valence-corrected chi connectivity index (χ4v) is 2.77. The Morgan fingerprint density at radius 1 is 0.962 bits per heavy atom. The number of aliphatic hydroxyl groups is 1. The van der Waals surface area contributed by atoms with Crippen LogP contribution >= 0.6 is 0 Å². The summed E-state index contributed by atoms with van der Waals surface area (Å²) in [6, 6.07) is 17.8. The Morgan fingerprint density at radius 2 is 1.46 bits per heavy atom. The van der Waals surface area contributed by atoms with Crippen LogP contribution in [0.1, 0.15) is 18.1 Å². The largest absolute Gasteiger partial charge is 0.467 e. The summed E-state index contributed by atoms with van der Waals surface area (Å²) in [5.41, 5.74) is -0.352. The number of carbonyl (C=O) groups is 2. The van der Waals surface area contributed by atoms with E-state index >= 15 is 0 Å². The van der Waals surface area contributed by atoms with Crippen LogP contribution in [0.15, 0.2) is 60.7 Å². The average Bonchev–Trinajstić information content (AvgIpc) is 2.68. The zero-order valence-corrected chi connectivity index (χ0v) is 14.8. The third-order valence-corrected chi connectivity index (χ3v) is 3.93. The molecule has 2 rings (SSSR count). The quantitative estimate of drug-likeness (QED) is 0.574. The van der Waals surface area contributed by atoms with Gasteiger partial charge in [-0.05, 0) is 11.1 Å². The topological polar surface area (TPSA) is 82.1 Å². The van der Waals surface area contributed by atoms with Crippen LogP contribution in [0.2, 0.25) is 0 Å². The first-order chi connectivity index (χ1) is 12.5. The number of benzene rings is 2. The second-order valence-electron chi connectivity index (χ2n) is 5.58. The van der Waals surface area contributed by atoms with Crippen molar-refractivity contribution in [2.24, 2.45) is 0 Å². The Hall–Kier alpha value is -2.70. The number of aliphatic hydroxyl groups excluding tert-OH is 1. The van der Waals surface area contributed by atoms with Gasteiger partial charge in [-0.25, -0.2) is 4.79 Å². The molecule has 6 heteroatoms. The zero-order chi connectivity index (χ0) is 19.0. The van der Waals surface area contributed by atoms with Gasteiger partial charge >= 0.3 is 11.9 Å². The van der Waals surface area contributed by atoms with Crippen LogP contribution in [0, 0.1) is 0 Å². The van der Waals surface area contributed by atoms with Crippen LogP contribution < -0.4 is 0 Å². The van der Waals surface area contributed by atoms with Crippen LogP contribution in [0.3, 0.4) is 0 Å². The fraction of sp³-hybridized carbons (Fsp3) is 0.300. The van der Waals surface area contributed by atoms with Crippen LogP contribution in [0.5, 0.6) is 0 Å². The summed E-state index contributed by atoms with van der Waals surface area (Å²) in [5.74, 6) is -1.27. The zero-order valence-electron chi connectivity index (χ0n) is 14.8. The predicted molar refractivity (Wildman–Crippen MR) is 94.3 cm³/mol. The van der Waals surface area contributed by atoms with Gasteiger partial charge in [-0.1, -0.05) is 60.7 Å². The van der Waals surface area contributed by atoms with Crippen molar-refractivity contribution in [2.45, 2.75) is 18.6 Å². The first-order valence-corrected chi connectivity index (χ1v) is 8.16. The minimum atomic E-state index is -1.62. The number of hydrogen-bond acceptors (Lipinski definition) is 6. The molecule has 1 N–H and O–H groups in total. The van der Waals surface area contributed by atoms with E-state index in [0.29, 0.717) is 11.1 Å². The van der Waals surface area contributed by atoms with E-state index in [1.54, 1.807) is 48.5 Å². The van der Waals surface area contributed by atoms with Crippen molar-refractivity contribution in [1.29, 1.82) is 0 Å². The van der Waals surface area contributed by atoms with Gasteiger partial charge in [0.05, 0.1) is 13.7 Å². The Balaban J connectivity index is 2.51. The molecule has 0 saturated carbocycles. The molecule has 0 aliphatic heterocycles. The number of carbonyl (C=O) groups excluding carboxylic acids is 2. The Bertz CT molecular complexity index is 674. The summed E-state index contributed by atoms with van der Waals surface area (Å²) >= 11 is 0. The predicted octanol–water partition coefficient (Wildman–Crippen LogP) is 2.04. The molecule has 6 nitrogen and oxygen atoms in total. The third kappa shape index (κ3) is 4.28. The van der Waals surface area contributed by atoms with Crippen molar-refractivity contribution in [3.8, 4) is 0 Å². The molecule has 0 heterocycles. The summed E-state index contributed by atoms with van der Waals surface area (Å²) in [6.45, 7) is 1.27. The smallest absolute Gasteiger partial charge is 0.338 e. The van der Waals surface area contributed by atoms with Crippen molar-refractivity contribution >= 4 is 11.9 Å². The van der Waals surface area contributed by atoms with Crippen molar-refractivity contribution in [3.05, 3.63) is 71.8 Å². The van der Waals surface area contributed by atoms with E-state index in [0.717, 1.165) is 0 Å². The maximum absolute atomic E-state index is 12.2. The molecule has 0 aliphatic carbocycles. The standard InChI is InChI=1S/C20H22O6/c1-15(21)25-13-14-26-20(18(22)19(23)24-2,16-9-5-3-6-10-16)17-11-7-4-8-12-17/h3-12,18,22H,13-14H2,1-2H3. The number of hydrogen-bond donors (Lipinski definition) is 1. The summed E-state index contributed by atoms with van der Waals surface area (Å²) in [6.07, 6.45) is -1.62. The molecule has 0 fully saturated rings. The van der Waals surface area contributed by atoms with Gasteiger partial charge in [-0.3, -0.25) is 4.79 Å². The molecule has 1 unspecified atom stereocenters. The average molecular weight is 358 g/mol. The van der Waals surface area contributed by atoms with E-state index in [-0.39, 0.29) is 13.2 Å². The molecule has 26 heavy (non-hydrogen) atoms. The highest BCUT2D eigenvalue weighted by Crippen LogP contribution is 2.37. The number of ether oxygens (including phenoxy) is 3. The van der Waals surface area contributed by atoms with Gasteiger partial charge in [0.2, 0.25) is 0 Å². The van der Waals surface area contributed by atoms with Crippen molar-refractivity contribution in [3.63, 3.8) is 0 Å². The molecule has 1 atom stereocenters. The fourth-order valence-electron chi connectivity index (χ4n) is 2.77. The Morgan fingerprint density at radius 3 is 1.88 bits per heavy atom. The lowest BCUT2D eigenvalue weighted by molar-refractivity contribution is -0.174. The Labute approximate surface area is 152 Å². The number of esters is 2. The SMILES string of the molecule is COC(=O)C(O)C(OCCOC(C)=O)(c1ccccc1)c1ccccc1. The number of rotatable bonds is 8. The molecule has 2 aromatic rings. The van der Waals surface area contributed by atoms with Gasteiger partial charge in [0, 0.05) is 6.92 Å². The molecule has 138 valence electrons.